The summed E-state index contributed by atoms with van der Waals surface area (Å²) in [7, 11) is 0. The van der Waals surface area contributed by atoms with Crippen LogP contribution in [0.3, 0.4) is 0 Å². The molecule has 0 aliphatic carbocycles. The fourth-order valence-electron chi connectivity index (χ4n) is 2.73. The van der Waals surface area contributed by atoms with Crippen molar-refractivity contribution < 1.29 is 14.6 Å². The smallest absolute Gasteiger partial charge is 0.407 e. The maximum Gasteiger partial charge on any atom is 0.407 e. The molecular weight excluding hydrogens is 379 g/mol. The van der Waals surface area contributed by atoms with E-state index in [2.05, 4.69) is 10.2 Å². The molecule has 0 unspecified atom stereocenters. The lowest BCUT2D eigenvalue weighted by Crippen LogP contribution is -2.48. The number of piperazine rings is 1. The molecule has 7 nitrogen and oxygen atoms in total. The number of hydrogen-bond acceptors (Lipinski definition) is 5. The lowest BCUT2D eigenvalue weighted by atomic mass is 10.2. The van der Waals surface area contributed by atoms with E-state index in [0.29, 0.717) is 50.1 Å². The summed E-state index contributed by atoms with van der Waals surface area (Å²) in [5.41, 5.74) is 1.83. The monoisotopic (exact) mass is 396 g/mol. The van der Waals surface area contributed by atoms with Crippen LogP contribution in [0.5, 0.6) is 5.88 Å². The Labute approximate surface area is 161 Å². The molecule has 0 radical (unpaired) electrons. The van der Waals surface area contributed by atoms with Crippen molar-refractivity contribution in [1.29, 1.82) is 0 Å². The molecule has 1 N–H and O–H groups in total. The molecule has 2 aromatic rings. The molecular formula is C17H18Cl2N4O3. The van der Waals surface area contributed by atoms with Crippen LogP contribution in [-0.4, -0.2) is 59.1 Å². The molecule has 3 rings (SSSR count). The summed E-state index contributed by atoms with van der Waals surface area (Å²) in [5, 5.41) is 17.9. The summed E-state index contributed by atoms with van der Waals surface area (Å²) < 4.78 is 5.82. The summed E-state index contributed by atoms with van der Waals surface area (Å²) >= 11 is 11.9. The molecule has 1 aromatic heterocycles. The van der Waals surface area contributed by atoms with Crippen molar-refractivity contribution in [1.82, 2.24) is 15.1 Å². The van der Waals surface area contributed by atoms with Gasteiger partial charge in [0.25, 0.3) is 5.88 Å². The number of amides is 1. The van der Waals surface area contributed by atoms with Gasteiger partial charge in [-0.1, -0.05) is 35.3 Å². The minimum Gasteiger partial charge on any atom is -0.475 e. The van der Waals surface area contributed by atoms with Crippen LogP contribution >= 0.6 is 23.2 Å². The first-order valence-corrected chi connectivity index (χ1v) is 8.92. The molecule has 1 fully saturated rings. The quantitative estimate of drug-likeness (QED) is 0.835. The van der Waals surface area contributed by atoms with Gasteiger partial charge < -0.3 is 19.6 Å². The molecule has 0 bridgehead atoms. The van der Waals surface area contributed by atoms with Crippen molar-refractivity contribution in [3.63, 3.8) is 0 Å². The Kier molecular flexibility index (Phi) is 6.00. The SMILES string of the molecule is O=C(O)N1CCN(c2cc(Cl)nnc2OCCc2ccc(Cl)cc2)CC1. The zero-order chi connectivity index (χ0) is 18.5. The fraction of sp³-hybridized carbons (Fsp3) is 0.353. The number of ether oxygens (including phenoxy) is 1. The molecule has 0 spiro atoms. The number of rotatable bonds is 5. The topological polar surface area (TPSA) is 78.8 Å². The molecule has 26 heavy (non-hydrogen) atoms. The Hall–Kier alpha value is -2.25. The van der Waals surface area contributed by atoms with Gasteiger partial charge >= 0.3 is 6.09 Å². The third kappa shape index (κ3) is 4.68. The van der Waals surface area contributed by atoms with Gasteiger partial charge in [0.2, 0.25) is 0 Å². The maximum atomic E-state index is 11.0. The molecule has 1 saturated heterocycles. The molecule has 0 saturated carbocycles. The van der Waals surface area contributed by atoms with E-state index in [1.165, 1.54) is 4.90 Å². The third-order valence-corrected chi connectivity index (χ3v) is 4.58. The Balaban J connectivity index is 1.64. The van der Waals surface area contributed by atoms with Gasteiger partial charge in [-0.3, -0.25) is 0 Å². The molecule has 138 valence electrons. The average Bonchev–Trinajstić information content (AvgIpc) is 2.64. The van der Waals surface area contributed by atoms with E-state index in [4.69, 9.17) is 33.0 Å². The first kappa shape index (κ1) is 18.5. The predicted molar refractivity (Wildman–Crippen MR) is 99.5 cm³/mol. The van der Waals surface area contributed by atoms with Crippen LogP contribution in [0.2, 0.25) is 10.2 Å². The highest BCUT2D eigenvalue weighted by molar-refractivity contribution is 6.30. The summed E-state index contributed by atoms with van der Waals surface area (Å²) in [5.74, 6) is 0.395. The van der Waals surface area contributed by atoms with Gasteiger partial charge in [0.1, 0.15) is 5.69 Å². The number of nitrogens with zero attached hydrogens (tertiary/aromatic N) is 4. The highest BCUT2D eigenvalue weighted by Crippen LogP contribution is 2.28. The van der Waals surface area contributed by atoms with Crippen molar-refractivity contribution in [2.45, 2.75) is 6.42 Å². The zero-order valence-electron chi connectivity index (χ0n) is 13.9. The summed E-state index contributed by atoms with van der Waals surface area (Å²) in [6, 6.07) is 9.28. The Bertz CT molecular complexity index is 765. The van der Waals surface area contributed by atoms with E-state index in [-0.39, 0.29) is 5.15 Å². The van der Waals surface area contributed by atoms with E-state index >= 15 is 0 Å². The van der Waals surface area contributed by atoms with Crippen LogP contribution in [0.1, 0.15) is 5.56 Å². The maximum absolute atomic E-state index is 11.0. The minimum atomic E-state index is -0.907. The molecule has 0 atom stereocenters. The molecule has 1 aromatic carbocycles. The third-order valence-electron chi connectivity index (χ3n) is 4.14. The average molecular weight is 397 g/mol. The van der Waals surface area contributed by atoms with Gasteiger partial charge in [0.05, 0.1) is 6.61 Å². The second-order valence-electron chi connectivity index (χ2n) is 5.84. The molecule has 1 aliphatic rings. The van der Waals surface area contributed by atoms with Crippen molar-refractivity contribution in [2.24, 2.45) is 0 Å². The highest BCUT2D eigenvalue weighted by Gasteiger charge is 2.23. The molecule has 1 aliphatic heterocycles. The standard InChI is InChI=1S/C17H18Cl2N4O3/c18-13-3-1-12(2-4-13)5-10-26-16-14(11-15(19)20-21-16)22-6-8-23(9-7-22)17(24)25/h1-4,11H,5-10H2,(H,24,25). The highest BCUT2D eigenvalue weighted by atomic mass is 35.5. The van der Waals surface area contributed by atoms with Gasteiger partial charge in [-0.25, -0.2) is 4.79 Å². The molecule has 2 heterocycles. The van der Waals surface area contributed by atoms with Crippen LogP contribution < -0.4 is 9.64 Å². The van der Waals surface area contributed by atoms with E-state index in [9.17, 15) is 4.79 Å². The van der Waals surface area contributed by atoms with Crippen molar-refractivity contribution >= 4 is 35.0 Å². The van der Waals surface area contributed by atoms with Gasteiger partial charge in [0, 0.05) is 43.7 Å². The second kappa shape index (κ2) is 8.42. The predicted octanol–water partition coefficient (Wildman–Crippen LogP) is 3.20. The summed E-state index contributed by atoms with van der Waals surface area (Å²) in [6.07, 6.45) is -0.205. The van der Waals surface area contributed by atoms with Crippen LogP contribution in [0.25, 0.3) is 0 Å². The minimum absolute atomic E-state index is 0.269. The van der Waals surface area contributed by atoms with E-state index in [1.54, 1.807) is 6.07 Å². The number of carbonyl (C=O) groups is 1. The second-order valence-corrected chi connectivity index (χ2v) is 6.66. The van der Waals surface area contributed by atoms with Crippen LogP contribution in [0.15, 0.2) is 30.3 Å². The van der Waals surface area contributed by atoms with Crippen molar-refractivity contribution in [2.75, 3.05) is 37.7 Å². The van der Waals surface area contributed by atoms with Crippen LogP contribution in [0, 0.1) is 0 Å². The Morgan fingerprint density at radius 3 is 2.46 bits per heavy atom. The van der Waals surface area contributed by atoms with Gasteiger partial charge in [-0.2, -0.15) is 0 Å². The van der Waals surface area contributed by atoms with E-state index in [0.717, 1.165) is 11.3 Å². The van der Waals surface area contributed by atoms with Crippen LogP contribution in [0.4, 0.5) is 10.5 Å². The van der Waals surface area contributed by atoms with E-state index < -0.39 is 6.09 Å². The first-order valence-electron chi connectivity index (χ1n) is 8.16. The number of hydrogen-bond donors (Lipinski definition) is 1. The number of halogens is 2. The van der Waals surface area contributed by atoms with Crippen molar-refractivity contribution in [3.05, 3.63) is 46.1 Å². The number of benzene rings is 1. The Morgan fingerprint density at radius 1 is 1.12 bits per heavy atom. The number of anilines is 1. The summed E-state index contributed by atoms with van der Waals surface area (Å²) in [4.78, 5) is 14.4. The normalized spacial score (nSPS) is 14.4. The lowest BCUT2D eigenvalue weighted by molar-refractivity contribution is 0.142. The largest absolute Gasteiger partial charge is 0.475 e. The number of carboxylic acid groups (broad SMARTS) is 1. The fourth-order valence-corrected chi connectivity index (χ4v) is 3.00. The van der Waals surface area contributed by atoms with Gasteiger partial charge in [0.15, 0.2) is 5.15 Å². The lowest BCUT2D eigenvalue weighted by Gasteiger charge is -2.34. The van der Waals surface area contributed by atoms with Crippen molar-refractivity contribution in [3.8, 4) is 5.88 Å². The molecule has 9 heteroatoms. The zero-order valence-corrected chi connectivity index (χ0v) is 15.4. The molecule has 1 amide bonds. The summed E-state index contributed by atoms with van der Waals surface area (Å²) in [6.45, 7) is 2.35. The van der Waals surface area contributed by atoms with Crippen LogP contribution in [-0.2, 0) is 6.42 Å². The first-order chi connectivity index (χ1) is 12.5. The van der Waals surface area contributed by atoms with E-state index in [1.807, 2.05) is 29.2 Å². The number of aromatic nitrogens is 2. The van der Waals surface area contributed by atoms with Gasteiger partial charge in [-0.05, 0) is 17.7 Å². The Morgan fingerprint density at radius 2 is 1.81 bits per heavy atom. The van der Waals surface area contributed by atoms with Gasteiger partial charge in [-0.15, -0.1) is 10.2 Å².